The Morgan fingerprint density at radius 1 is 1.53 bits per heavy atom. The zero-order valence-corrected chi connectivity index (χ0v) is 9.45. The summed E-state index contributed by atoms with van der Waals surface area (Å²) < 4.78 is 5.58. The largest absolute Gasteiger partial charge is 0.489 e. The van der Waals surface area contributed by atoms with Crippen LogP contribution >= 0.6 is 0 Å². The number of nitrogens with zero attached hydrogens (tertiary/aromatic N) is 1. The minimum absolute atomic E-state index is 0.0756. The topological polar surface area (TPSA) is 68.4 Å². The van der Waals surface area contributed by atoms with E-state index in [0.29, 0.717) is 18.2 Å². The van der Waals surface area contributed by atoms with Crippen molar-refractivity contribution in [3.05, 3.63) is 17.8 Å². The number of anilines is 1. The first-order valence-electron chi connectivity index (χ1n) is 4.91. The van der Waals surface area contributed by atoms with Gasteiger partial charge in [0.05, 0.1) is 13.2 Å². The van der Waals surface area contributed by atoms with Crippen LogP contribution < -0.4 is 10.5 Å². The minimum atomic E-state index is -0.269. The van der Waals surface area contributed by atoms with Crippen LogP contribution in [0.5, 0.6) is 5.75 Å². The van der Waals surface area contributed by atoms with Crippen molar-refractivity contribution in [3.8, 4) is 5.75 Å². The van der Waals surface area contributed by atoms with Gasteiger partial charge in [0, 0.05) is 11.6 Å². The molecule has 0 atom stereocenters. The number of nitrogens with two attached hydrogens (primary N) is 1. The molecule has 3 N–H and O–H groups in total. The number of rotatable bonds is 4. The second-order valence-electron chi connectivity index (χ2n) is 4.45. The highest BCUT2D eigenvalue weighted by molar-refractivity contribution is 5.50. The zero-order valence-electron chi connectivity index (χ0n) is 9.45. The molecule has 0 unspecified atom stereocenters. The van der Waals surface area contributed by atoms with E-state index >= 15 is 0 Å². The third-order valence-corrected chi connectivity index (χ3v) is 2.16. The van der Waals surface area contributed by atoms with Crippen LogP contribution in [0.2, 0.25) is 0 Å². The maximum Gasteiger partial charge on any atom is 0.166 e. The molecule has 1 rings (SSSR count). The Morgan fingerprint density at radius 3 is 2.73 bits per heavy atom. The van der Waals surface area contributed by atoms with Crippen molar-refractivity contribution in [2.75, 3.05) is 18.9 Å². The molecular weight excluding hydrogens is 192 g/mol. The van der Waals surface area contributed by atoms with Gasteiger partial charge in [0.1, 0.15) is 0 Å². The minimum Gasteiger partial charge on any atom is -0.489 e. The smallest absolute Gasteiger partial charge is 0.166 e. The Kier molecular flexibility index (Phi) is 3.52. The number of hydrogen-bond acceptors (Lipinski definition) is 4. The van der Waals surface area contributed by atoms with E-state index in [2.05, 4.69) is 4.98 Å². The van der Waals surface area contributed by atoms with Gasteiger partial charge in [-0.1, -0.05) is 13.8 Å². The van der Waals surface area contributed by atoms with Crippen molar-refractivity contribution < 1.29 is 9.84 Å². The summed E-state index contributed by atoms with van der Waals surface area (Å²) in [5.74, 6) is 1.00. The molecule has 0 saturated carbocycles. The summed E-state index contributed by atoms with van der Waals surface area (Å²) in [6.07, 6.45) is 1.65. The average molecular weight is 210 g/mol. The lowest BCUT2D eigenvalue weighted by molar-refractivity contribution is 0.0974. The van der Waals surface area contributed by atoms with Gasteiger partial charge in [-0.3, -0.25) is 0 Å². The molecule has 15 heavy (non-hydrogen) atoms. The number of aryl methyl sites for hydroxylation is 1. The molecule has 4 heteroatoms. The van der Waals surface area contributed by atoms with E-state index in [9.17, 15) is 0 Å². The van der Waals surface area contributed by atoms with Gasteiger partial charge < -0.3 is 15.6 Å². The molecule has 4 nitrogen and oxygen atoms in total. The van der Waals surface area contributed by atoms with Gasteiger partial charge in [0.2, 0.25) is 0 Å². The molecule has 0 aliphatic heterocycles. The van der Waals surface area contributed by atoms with Crippen molar-refractivity contribution in [2.45, 2.75) is 20.8 Å². The fourth-order valence-electron chi connectivity index (χ4n) is 1.07. The monoisotopic (exact) mass is 210 g/mol. The Hall–Kier alpha value is -1.29. The van der Waals surface area contributed by atoms with Crippen LogP contribution in [0.4, 0.5) is 5.82 Å². The highest BCUT2D eigenvalue weighted by atomic mass is 16.5. The summed E-state index contributed by atoms with van der Waals surface area (Å²) in [4.78, 5) is 3.96. The van der Waals surface area contributed by atoms with Crippen LogP contribution in [0.3, 0.4) is 0 Å². The van der Waals surface area contributed by atoms with E-state index in [1.54, 1.807) is 6.20 Å². The summed E-state index contributed by atoms with van der Waals surface area (Å²) in [5, 5.41) is 9.08. The van der Waals surface area contributed by atoms with Crippen LogP contribution in [0.1, 0.15) is 19.4 Å². The van der Waals surface area contributed by atoms with E-state index in [1.165, 1.54) is 0 Å². The van der Waals surface area contributed by atoms with Crippen LogP contribution in [0.15, 0.2) is 12.3 Å². The lowest BCUT2D eigenvalue weighted by atomic mass is 9.96. The molecule has 1 aromatic rings. The first-order valence-corrected chi connectivity index (χ1v) is 4.91. The van der Waals surface area contributed by atoms with Crippen molar-refractivity contribution >= 4 is 5.82 Å². The quantitative estimate of drug-likeness (QED) is 0.787. The van der Waals surface area contributed by atoms with E-state index in [-0.39, 0.29) is 12.0 Å². The van der Waals surface area contributed by atoms with Gasteiger partial charge in [-0.15, -0.1) is 0 Å². The zero-order chi connectivity index (χ0) is 11.5. The number of pyridine rings is 1. The van der Waals surface area contributed by atoms with Crippen LogP contribution in [-0.4, -0.2) is 23.3 Å². The molecule has 84 valence electrons. The van der Waals surface area contributed by atoms with Gasteiger partial charge in [0.25, 0.3) is 0 Å². The lowest BCUT2D eigenvalue weighted by Crippen LogP contribution is -2.25. The normalized spacial score (nSPS) is 11.5. The fraction of sp³-hybridized carbons (Fsp3) is 0.545. The Labute approximate surface area is 90.1 Å². The second-order valence-corrected chi connectivity index (χ2v) is 4.45. The predicted molar refractivity (Wildman–Crippen MR) is 59.7 cm³/mol. The molecule has 0 fully saturated rings. The maximum atomic E-state index is 9.08. The van der Waals surface area contributed by atoms with E-state index in [0.717, 1.165) is 5.56 Å². The van der Waals surface area contributed by atoms with Gasteiger partial charge in [0.15, 0.2) is 11.6 Å². The molecule has 0 aliphatic carbocycles. The molecule has 1 aromatic heterocycles. The maximum absolute atomic E-state index is 9.08. The Morgan fingerprint density at radius 2 is 2.20 bits per heavy atom. The first-order chi connectivity index (χ1) is 6.96. The molecule has 0 saturated heterocycles. The summed E-state index contributed by atoms with van der Waals surface area (Å²) in [7, 11) is 0. The van der Waals surface area contributed by atoms with Crippen LogP contribution in [0, 0.1) is 12.3 Å². The second kappa shape index (κ2) is 4.49. The van der Waals surface area contributed by atoms with Gasteiger partial charge in [-0.05, 0) is 18.6 Å². The van der Waals surface area contributed by atoms with Crippen LogP contribution in [-0.2, 0) is 0 Å². The number of aliphatic hydroxyl groups excluding tert-OH is 1. The van der Waals surface area contributed by atoms with Crippen molar-refractivity contribution in [1.82, 2.24) is 4.98 Å². The van der Waals surface area contributed by atoms with Crippen molar-refractivity contribution in [2.24, 2.45) is 5.41 Å². The molecule has 0 amide bonds. The molecule has 0 aromatic carbocycles. The number of aliphatic hydroxyl groups is 1. The third-order valence-electron chi connectivity index (χ3n) is 2.16. The van der Waals surface area contributed by atoms with Crippen molar-refractivity contribution in [1.29, 1.82) is 0 Å². The highest BCUT2D eigenvalue weighted by Gasteiger charge is 2.18. The van der Waals surface area contributed by atoms with Crippen molar-refractivity contribution in [3.63, 3.8) is 0 Å². The van der Waals surface area contributed by atoms with Gasteiger partial charge in [-0.2, -0.15) is 0 Å². The van der Waals surface area contributed by atoms with Crippen LogP contribution in [0.25, 0.3) is 0 Å². The third kappa shape index (κ3) is 3.09. The highest BCUT2D eigenvalue weighted by Crippen LogP contribution is 2.25. The Balaban J connectivity index is 2.73. The number of aromatic nitrogens is 1. The predicted octanol–water partition coefficient (Wildman–Crippen LogP) is 1.37. The van der Waals surface area contributed by atoms with E-state index in [4.69, 9.17) is 15.6 Å². The number of ether oxygens (including phenoxy) is 1. The first kappa shape index (κ1) is 11.8. The number of nitrogen functional groups attached to an aromatic ring is 1. The lowest BCUT2D eigenvalue weighted by Gasteiger charge is -2.22. The molecule has 0 radical (unpaired) electrons. The fourth-order valence-corrected chi connectivity index (χ4v) is 1.07. The molecule has 0 spiro atoms. The average Bonchev–Trinajstić information content (AvgIpc) is 2.17. The molecular formula is C11H18N2O2. The van der Waals surface area contributed by atoms with Gasteiger partial charge in [-0.25, -0.2) is 4.98 Å². The molecule has 0 bridgehead atoms. The molecule has 0 aliphatic rings. The summed E-state index contributed by atoms with van der Waals surface area (Å²) in [6.45, 7) is 6.26. The number of hydrogen-bond donors (Lipinski definition) is 2. The van der Waals surface area contributed by atoms with E-state index < -0.39 is 0 Å². The standard InChI is InChI=1S/C11H18N2O2/c1-8-4-5-13-10(12)9(8)15-7-11(2,3)6-14/h4-5,14H,6-7H2,1-3H3,(H2,12,13). The summed E-state index contributed by atoms with van der Waals surface area (Å²) >= 11 is 0. The SMILES string of the molecule is Cc1ccnc(N)c1OCC(C)(C)CO. The summed E-state index contributed by atoms with van der Waals surface area (Å²) in [5.41, 5.74) is 6.38. The molecule has 1 heterocycles. The van der Waals surface area contributed by atoms with Gasteiger partial charge >= 0.3 is 0 Å². The summed E-state index contributed by atoms with van der Waals surface area (Å²) in [6, 6.07) is 1.84. The van der Waals surface area contributed by atoms with E-state index in [1.807, 2.05) is 26.8 Å². The Bertz CT molecular complexity index is 317.